The fourth-order valence-corrected chi connectivity index (χ4v) is 2.37. The van der Waals surface area contributed by atoms with Gasteiger partial charge in [-0.3, -0.25) is 4.90 Å². The van der Waals surface area contributed by atoms with Crippen LogP contribution in [0, 0.1) is 0 Å². The second-order valence-electron chi connectivity index (χ2n) is 6.69. The summed E-state index contributed by atoms with van der Waals surface area (Å²) >= 11 is 0. The summed E-state index contributed by atoms with van der Waals surface area (Å²) in [6, 6.07) is 0. The van der Waals surface area contributed by atoms with Crippen LogP contribution >= 0.6 is 0 Å². The van der Waals surface area contributed by atoms with Gasteiger partial charge in [-0.25, -0.2) is 0 Å². The van der Waals surface area contributed by atoms with Gasteiger partial charge in [-0.15, -0.1) is 0 Å². The number of aromatic nitrogens is 2. The van der Waals surface area contributed by atoms with Crippen molar-refractivity contribution < 1.29 is 14.4 Å². The van der Waals surface area contributed by atoms with Crippen LogP contribution in [0.4, 0.5) is 0 Å². The number of hydrogen-bond donors (Lipinski definition) is 1. The van der Waals surface area contributed by atoms with Gasteiger partial charge >= 0.3 is 0 Å². The Kier molecular flexibility index (Phi) is 5.72. The number of rotatable bonds is 6. The van der Waals surface area contributed by atoms with Crippen molar-refractivity contribution in [1.29, 1.82) is 0 Å². The third-order valence-corrected chi connectivity index (χ3v) is 3.67. The predicted molar refractivity (Wildman–Crippen MR) is 79.0 cm³/mol. The molecule has 0 unspecified atom stereocenters. The van der Waals surface area contributed by atoms with Gasteiger partial charge in [-0.2, -0.15) is 4.98 Å². The predicted octanol–water partition coefficient (Wildman–Crippen LogP) is 1.73. The van der Waals surface area contributed by atoms with Crippen molar-refractivity contribution in [2.24, 2.45) is 0 Å². The van der Waals surface area contributed by atoms with Gasteiger partial charge in [0.25, 0.3) is 0 Å². The lowest BCUT2D eigenvalue weighted by atomic mass is 9.97. The summed E-state index contributed by atoms with van der Waals surface area (Å²) in [5, 5.41) is 12.8. The molecular formula is C15H27N3O3. The average molecular weight is 297 g/mol. The van der Waals surface area contributed by atoms with Crippen molar-refractivity contribution in [3.8, 4) is 0 Å². The molecule has 1 aromatic heterocycles. The molecule has 2 rings (SSSR count). The lowest BCUT2D eigenvalue weighted by Gasteiger charge is -2.30. The first-order valence-corrected chi connectivity index (χ1v) is 7.77. The quantitative estimate of drug-likeness (QED) is 0.806. The van der Waals surface area contributed by atoms with E-state index in [-0.39, 0.29) is 12.0 Å². The molecule has 0 atom stereocenters. The first-order chi connectivity index (χ1) is 9.99. The van der Waals surface area contributed by atoms with E-state index in [0.29, 0.717) is 18.6 Å². The molecule has 1 aliphatic rings. The van der Waals surface area contributed by atoms with Crippen LogP contribution in [0.15, 0.2) is 4.52 Å². The second-order valence-corrected chi connectivity index (χ2v) is 6.69. The molecule has 6 heteroatoms. The number of hydrogen-bond acceptors (Lipinski definition) is 6. The molecule has 1 fully saturated rings. The van der Waals surface area contributed by atoms with E-state index in [9.17, 15) is 0 Å². The van der Waals surface area contributed by atoms with Crippen LogP contribution < -0.4 is 0 Å². The molecule has 1 aliphatic heterocycles. The van der Waals surface area contributed by atoms with Gasteiger partial charge in [0, 0.05) is 31.7 Å². The normalized spacial score (nSPS) is 18.3. The first-order valence-electron chi connectivity index (χ1n) is 7.77. The van der Waals surface area contributed by atoms with Crippen molar-refractivity contribution >= 4 is 0 Å². The zero-order valence-corrected chi connectivity index (χ0v) is 13.3. The fourth-order valence-electron chi connectivity index (χ4n) is 2.37. The van der Waals surface area contributed by atoms with Crippen LogP contribution in [0.2, 0.25) is 0 Å². The highest BCUT2D eigenvalue weighted by molar-refractivity contribution is 4.98. The van der Waals surface area contributed by atoms with Gasteiger partial charge in [0.15, 0.2) is 5.82 Å². The minimum Gasteiger partial charge on any atom is -0.396 e. The van der Waals surface area contributed by atoms with Gasteiger partial charge in [-0.05, 0) is 19.3 Å². The maximum Gasteiger partial charge on any atom is 0.232 e. The minimum atomic E-state index is -0.0984. The minimum absolute atomic E-state index is 0.0984. The highest BCUT2D eigenvalue weighted by atomic mass is 16.5. The number of likely N-dealkylation sites (tertiary alicyclic amines) is 1. The molecule has 6 nitrogen and oxygen atoms in total. The zero-order chi connectivity index (χ0) is 15.3. The zero-order valence-electron chi connectivity index (χ0n) is 13.3. The Morgan fingerprint density at radius 1 is 1.33 bits per heavy atom. The highest BCUT2D eigenvalue weighted by Crippen LogP contribution is 2.21. The van der Waals surface area contributed by atoms with E-state index in [4.69, 9.17) is 14.4 Å². The molecule has 1 saturated heterocycles. The Morgan fingerprint density at radius 3 is 2.62 bits per heavy atom. The SMILES string of the molecule is CC(C)(C)c1nc(CN2CCC(OCCCO)CC2)no1. The molecule has 0 amide bonds. The van der Waals surface area contributed by atoms with Gasteiger partial charge < -0.3 is 14.4 Å². The van der Waals surface area contributed by atoms with Crippen molar-refractivity contribution in [3.05, 3.63) is 11.7 Å². The number of piperidine rings is 1. The standard InChI is InChI=1S/C15H27N3O3/c1-15(2,3)14-16-13(17-21-14)11-18-7-5-12(6-8-18)20-10-4-9-19/h12,19H,4-11H2,1-3H3. The Balaban J connectivity index is 1.74. The topological polar surface area (TPSA) is 71.6 Å². The maximum absolute atomic E-state index is 8.75. The summed E-state index contributed by atoms with van der Waals surface area (Å²) in [4.78, 5) is 6.81. The summed E-state index contributed by atoms with van der Waals surface area (Å²) in [6.45, 7) is 9.78. The van der Waals surface area contributed by atoms with Crippen LogP contribution in [0.5, 0.6) is 0 Å². The highest BCUT2D eigenvalue weighted by Gasteiger charge is 2.24. The molecule has 0 aromatic carbocycles. The molecule has 21 heavy (non-hydrogen) atoms. The summed E-state index contributed by atoms with van der Waals surface area (Å²) < 4.78 is 11.1. The van der Waals surface area contributed by atoms with E-state index in [2.05, 4.69) is 35.8 Å². The lowest BCUT2D eigenvalue weighted by Crippen LogP contribution is -2.37. The molecule has 0 bridgehead atoms. The number of ether oxygens (including phenoxy) is 1. The van der Waals surface area contributed by atoms with E-state index in [0.717, 1.165) is 44.7 Å². The molecule has 0 radical (unpaired) electrons. The number of aliphatic hydroxyl groups is 1. The Bertz CT molecular complexity index is 420. The number of aliphatic hydroxyl groups excluding tert-OH is 1. The third kappa shape index (κ3) is 5.05. The van der Waals surface area contributed by atoms with Crippen molar-refractivity contribution in [2.45, 2.75) is 58.1 Å². The summed E-state index contributed by atoms with van der Waals surface area (Å²) in [6.07, 6.45) is 3.09. The largest absolute Gasteiger partial charge is 0.396 e. The Morgan fingerprint density at radius 2 is 2.05 bits per heavy atom. The first kappa shape index (κ1) is 16.4. The Labute approximate surface area is 126 Å². The molecule has 0 saturated carbocycles. The molecule has 1 aromatic rings. The van der Waals surface area contributed by atoms with E-state index >= 15 is 0 Å². The van der Waals surface area contributed by atoms with E-state index in [1.165, 1.54) is 0 Å². The van der Waals surface area contributed by atoms with Crippen LogP contribution in [0.3, 0.4) is 0 Å². The summed E-state index contributed by atoms with van der Waals surface area (Å²) in [7, 11) is 0. The molecule has 0 aliphatic carbocycles. The van der Waals surface area contributed by atoms with E-state index in [1.807, 2.05) is 0 Å². The van der Waals surface area contributed by atoms with Gasteiger partial charge in [0.05, 0.1) is 12.6 Å². The summed E-state index contributed by atoms with van der Waals surface area (Å²) in [5.41, 5.74) is -0.0984. The van der Waals surface area contributed by atoms with Crippen LogP contribution in [0.25, 0.3) is 0 Å². The third-order valence-electron chi connectivity index (χ3n) is 3.67. The smallest absolute Gasteiger partial charge is 0.232 e. The van der Waals surface area contributed by atoms with Crippen molar-refractivity contribution in [3.63, 3.8) is 0 Å². The molecule has 1 N–H and O–H groups in total. The van der Waals surface area contributed by atoms with Gasteiger partial charge in [-0.1, -0.05) is 25.9 Å². The Hall–Kier alpha value is -0.980. The van der Waals surface area contributed by atoms with E-state index < -0.39 is 0 Å². The van der Waals surface area contributed by atoms with Crippen molar-refractivity contribution in [1.82, 2.24) is 15.0 Å². The molecule has 0 spiro atoms. The van der Waals surface area contributed by atoms with Gasteiger partial charge in [0.1, 0.15) is 0 Å². The second kappa shape index (κ2) is 7.33. The summed E-state index contributed by atoms with van der Waals surface area (Å²) in [5.74, 6) is 1.46. The van der Waals surface area contributed by atoms with E-state index in [1.54, 1.807) is 0 Å². The maximum atomic E-state index is 8.75. The van der Waals surface area contributed by atoms with Crippen LogP contribution in [0.1, 0.15) is 51.7 Å². The number of nitrogens with zero attached hydrogens (tertiary/aromatic N) is 3. The monoisotopic (exact) mass is 297 g/mol. The molecule has 120 valence electrons. The molecular weight excluding hydrogens is 270 g/mol. The van der Waals surface area contributed by atoms with Crippen LogP contribution in [-0.2, 0) is 16.7 Å². The van der Waals surface area contributed by atoms with Crippen molar-refractivity contribution in [2.75, 3.05) is 26.3 Å². The molecule has 2 heterocycles. The van der Waals surface area contributed by atoms with Crippen LogP contribution in [-0.4, -0.2) is 52.6 Å². The average Bonchev–Trinajstić information content (AvgIpc) is 2.90. The van der Waals surface area contributed by atoms with Gasteiger partial charge in [0.2, 0.25) is 5.89 Å². The fraction of sp³-hybridized carbons (Fsp3) is 0.867. The lowest BCUT2D eigenvalue weighted by molar-refractivity contribution is 0.000252.